The van der Waals surface area contributed by atoms with Crippen LogP contribution in [0.25, 0.3) is 0 Å². The quantitative estimate of drug-likeness (QED) is 0.898. The first-order chi connectivity index (χ1) is 9.22. The lowest BCUT2D eigenvalue weighted by Crippen LogP contribution is -2.47. The lowest BCUT2D eigenvalue weighted by molar-refractivity contribution is 0.0906. The molecule has 1 aromatic rings. The molecule has 0 spiro atoms. The molecule has 1 N–H and O–H groups in total. The van der Waals surface area contributed by atoms with Gasteiger partial charge < -0.3 is 10.2 Å². The number of benzene rings is 1. The van der Waals surface area contributed by atoms with Crippen molar-refractivity contribution in [1.29, 1.82) is 5.26 Å². The molecular formula is C15H19N3O. The van der Waals surface area contributed by atoms with E-state index in [4.69, 9.17) is 5.26 Å². The predicted octanol–water partition coefficient (Wildman–Crippen LogP) is 1.77. The van der Waals surface area contributed by atoms with Crippen molar-refractivity contribution in [2.45, 2.75) is 25.8 Å². The van der Waals surface area contributed by atoms with Crippen LogP contribution >= 0.6 is 0 Å². The number of nitrogens with one attached hydrogen (secondary N) is 1. The molecule has 1 atom stereocenters. The SMILES string of the molecule is CCN1CCCC(NC(=O)c2ccc(C#N)cc2)C1. The molecule has 1 aliphatic heterocycles. The van der Waals surface area contributed by atoms with Crippen molar-refractivity contribution in [3.8, 4) is 6.07 Å². The van der Waals surface area contributed by atoms with Crippen molar-refractivity contribution in [3.05, 3.63) is 35.4 Å². The van der Waals surface area contributed by atoms with Crippen LogP contribution in [0.4, 0.5) is 0 Å². The minimum absolute atomic E-state index is 0.0487. The Morgan fingerprint density at radius 2 is 2.21 bits per heavy atom. The van der Waals surface area contributed by atoms with E-state index in [0.29, 0.717) is 11.1 Å². The lowest BCUT2D eigenvalue weighted by atomic mass is 10.0. The van der Waals surface area contributed by atoms with E-state index in [9.17, 15) is 4.79 Å². The smallest absolute Gasteiger partial charge is 0.251 e. The van der Waals surface area contributed by atoms with Crippen molar-refractivity contribution < 1.29 is 4.79 Å². The lowest BCUT2D eigenvalue weighted by Gasteiger charge is -2.32. The van der Waals surface area contributed by atoms with Crippen LogP contribution in [0.1, 0.15) is 35.7 Å². The summed E-state index contributed by atoms with van der Waals surface area (Å²) < 4.78 is 0. The molecule has 1 aromatic carbocycles. The molecule has 0 bridgehead atoms. The van der Waals surface area contributed by atoms with E-state index < -0.39 is 0 Å². The molecule has 1 unspecified atom stereocenters. The van der Waals surface area contributed by atoms with Gasteiger partial charge in [-0.3, -0.25) is 4.79 Å². The molecule has 4 heteroatoms. The maximum absolute atomic E-state index is 12.1. The highest BCUT2D eigenvalue weighted by atomic mass is 16.1. The predicted molar refractivity (Wildman–Crippen MR) is 73.8 cm³/mol. The molecule has 1 saturated heterocycles. The van der Waals surface area contributed by atoms with Crippen molar-refractivity contribution in [1.82, 2.24) is 10.2 Å². The van der Waals surface area contributed by atoms with Gasteiger partial charge in [0.15, 0.2) is 0 Å². The Morgan fingerprint density at radius 3 is 2.84 bits per heavy atom. The van der Waals surface area contributed by atoms with Gasteiger partial charge in [0.05, 0.1) is 11.6 Å². The number of nitriles is 1. The zero-order valence-electron chi connectivity index (χ0n) is 11.2. The van der Waals surface area contributed by atoms with E-state index in [1.54, 1.807) is 24.3 Å². The average Bonchev–Trinajstić information content (AvgIpc) is 2.47. The Balaban J connectivity index is 1.94. The molecule has 2 rings (SSSR count). The third-order valence-corrected chi connectivity index (χ3v) is 3.56. The van der Waals surface area contributed by atoms with Crippen LogP contribution in [-0.2, 0) is 0 Å². The maximum atomic E-state index is 12.1. The summed E-state index contributed by atoms with van der Waals surface area (Å²) >= 11 is 0. The standard InChI is InChI=1S/C15H19N3O/c1-2-18-9-3-4-14(11-18)17-15(19)13-7-5-12(10-16)6-8-13/h5-8,14H,2-4,9,11H2,1H3,(H,17,19). The maximum Gasteiger partial charge on any atom is 0.251 e. The molecule has 0 aromatic heterocycles. The number of hydrogen-bond acceptors (Lipinski definition) is 3. The second kappa shape index (κ2) is 6.35. The minimum Gasteiger partial charge on any atom is -0.348 e. The van der Waals surface area contributed by atoms with E-state index in [1.165, 1.54) is 0 Å². The molecule has 1 amide bonds. The Kier molecular flexibility index (Phi) is 4.53. The van der Waals surface area contributed by atoms with Crippen LogP contribution in [0.2, 0.25) is 0 Å². The van der Waals surface area contributed by atoms with Crippen LogP contribution in [0.15, 0.2) is 24.3 Å². The number of likely N-dealkylation sites (N-methyl/N-ethyl adjacent to an activating group) is 1. The second-order valence-electron chi connectivity index (χ2n) is 4.89. The van der Waals surface area contributed by atoms with Gasteiger partial charge in [-0.15, -0.1) is 0 Å². The summed E-state index contributed by atoms with van der Waals surface area (Å²) in [5.74, 6) is -0.0487. The van der Waals surface area contributed by atoms with Gasteiger partial charge in [0.1, 0.15) is 0 Å². The van der Waals surface area contributed by atoms with Crippen LogP contribution in [0.3, 0.4) is 0 Å². The highest BCUT2D eigenvalue weighted by Gasteiger charge is 2.20. The highest BCUT2D eigenvalue weighted by molar-refractivity contribution is 5.94. The fraction of sp³-hybridized carbons (Fsp3) is 0.467. The molecule has 100 valence electrons. The summed E-state index contributed by atoms with van der Waals surface area (Å²) in [6.07, 6.45) is 2.17. The highest BCUT2D eigenvalue weighted by Crippen LogP contribution is 2.11. The summed E-state index contributed by atoms with van der Waals surface area (Å²) in [6.45, 7) is 5.23. The van der Waals surface area contributed by atoms with E-state index in [1.807, 2.05) is 6.07 Å². The third kappa shape index (κ3) is 3.55. The van der Waals surface area contributed by atoms with Crippen LogP contribution < -0.4 is 5.32 Å². The van der Waals surface area contributed by atoms with Gasteiger partial charge >= 0.3 is 0 Å². The molecule has 1 aliphatic rings. The van der Waals surface area contributed by atoms with Gasteiger partial charge in [-0.2, -0.15) is 5.26 Å². The number of rotatable bonds is 3. The Labute approximate surface area is 114 Å². The van der Waals surface area contributed by atoms with Crippen molar-refractivity contribution in [3.63, 3.8) is 0 Å². The monoisotopic (exact) mass is 257 g/mol. The van der Waals surface area contributed by atoms with E-state index in [-0.39, 0.29) is 11.9 Å². The minimum atomic E-state index is -0.0487. The van der Waals surface area contributed by atoms with Gasteiger partial charge in [0, 0.05) is 18.2 Å². The van der Waals surface area contributed by atoms with E-state index in [0.717, 1.165) is 32.5 Å². The number of hydrogen-bond donors (Lipinski definition) is 1. The van der Waals surface area contributed by atoms with Crippen molar-refractivity contribution in [2.24, 2.45) is 0 Å². The molecule has 0 saturated carbocycles. The van der Waals surface area contributed by atoms with Crippen LogP contribution in [-0.4, -0.2) is 36.5 Å². The Morgan fingerprint density at radius 1 is 1.47 bits per heavy atom. The number of carbonyl (C=O) groups excluding carboxylic acids is 1. The number of nitrogens with zero attached hydrogens (tertiary/aromatic N) is 2. The fourth-order valence-electron chi connectivity index (χ4n) is 2.43. The second-order valence-corrected chi connectivity index (χ2v) is 4.89. The molecule has 1 heterocycles. The third-order valence-electron chi connectivity index (χ3n) is 3.56. The van der Waals surface area contributed by atoms with Gasteiger partial charge in [-0.05, 0) is 50.2 Å². The summed E-state index contributed by atoms with van der Waals surface area (Å²) in [7, 11) is 0. The topological polar surface area (TPSA) is 56.1 Å². The number of amides is 1. The summed E-state index contributed by atoms with van der Waals surface area (Å²) in [6, 6.07) is 9.04. The van der Waals surface area contributed by atoms with Gasteiger partial charge in [0.2, 0.25) is 0 Å². The summed E-state index contributed by atoms with van der Waals surface area (Å²) in [5, 5.41) is 11.8. The normalized spacial score (nSPS) is 19.7. The largest absolute Gasteiger partial charge is 0.348 e. The first-order valence-electron chi connectivity index (χ1n) is 6.76. The first-order valence-corrected chi connectivity index (χ1v) is 6.76. The van der Waals surface area contributed by atoms with Crippen LogP contribution in [0, 0.1) is 11.3 Å². The molecule has 0 radical (unpaired) electrons. The summed E-state index contributed by atoms with van der Waals surface area (Å²) in [5.41, 5.74) is 1.19. The van der Waals surface area contributed by atoms with Gasteiger partial charge in [-0.1, -0.05) is 6.92 Å². The average molecular weight is 257 g/mol. The van der Waals surface area contributed by atoms with Crippen LogP contribution in [0.5, 0.6) is 0 Å². The number of piperidine rings is 1. The van der Waals surface area contributed by atoms with E-state index >= 15 is 0 Å². The zero-order chi connectivity index (χ0) is 13.7. The Bertz CT molecular complexity index is 475. The van der Waals surface area contributed by atoms with E-state index in [2.05, 4.69) is 17.1 Å². The fourth-order valence-corrected chi connectivity index (χ4v) is 2.43. The molecule has 0 aliphatic carbocycles. The zero-order valence-corrected chi connectivity index (χ0v) is 11.2. The Hall–Kier alpha value is -1.86. The number of likely N-dealkylation sites (tertiary alicyclic amines) is 1. The molecule has 19 heavy (non-hydrogen) atoms. The molecule has 1 fully saturated rings. The molecule has 4 nitrogen and oxygen atoms in total. The first kappa shape index (κ1) is 13.6. The van der Waals surface area contributed by atoms with Crippen molar-refractivity contribution >= 4 is 5.91 Å². The summed E-state index contributed by atoms with van der Waals surface area (Å²) in [4.78, 5) is 14.4. The van der Waals surface area contributed by atoms with Gasteiger partial charge in [0.25, 0.3) is 5.91 Å². The van der Waals surface area contributed by atoms with Crippen molar-refractivity contribution in [2.75, 3.05) is 19.6 Å². The number of carbonyl (C=O) groups is 1. The molecular weight excluding hydrogens is 238 g/mol. The van der Waals surface area contributed by atoms with Gasteiger partial charge in [-0.25, -0.2) is 0 Å².